The molecule has 2 aromatic heterocycles. The Labute approximate surface area is 143 Å². The van der Waals surface area contributed by atoms with Crippen LogP contribution in [0.2, 0.25) is 0 Å². The summed E-state index contributed by atoms with van der Waals surface area (Å²) in [6, 6.07) is 9.92. The number of H-pyrrole nitrogens is 1. The summed E-state index contributed by atoms with van der Waals surface area (Å²) in [6.07, 6.45) is 0.995. The predicted molar refractivity (Wildman–Crippen MR) is 96.7 cm³/mol. The van der Waals surface area contributed by atoms with Crippen molar-refractivity contribution in [3.8, 4) is 0 Å². The molecule has 0 aliphatic carbocycles. The molecule has 1 unspecified atom stereocenters. The number of imidazole rings is 1. The lowest BCUT2D eigenvalue weighted by Crippen LogP contribution is -2.29. The van der Waals surface area contributed by atoms with Crippen LogP contribution < -0.4 is 11.2 Å². The molecule has 0 aliphatic heterocycles. The highest BCUT2D eigenvalue weighted by atomic mass is 32.2. The van der Waals surface area contributed by atoms with E-state index in [1.807, 2.05) is 34.9 Å². The molecule has 0 spiro atoms. The second-order valence-corrected chi connectivity index (χ2v) is 7.20. The zero-order valence-electron chi connectivity index (χ0n) is 13.9. The van der Waals surface area contributed by atoms with Crippen molar-refractivity contribution in [1.82, 2.24) is 19.1 Å². The zero-order valence-corrected chi connectivity index (χ0v) is 14.8. The first-order valence-corrected chi connectivity index (χ1v) is 8.79. The number of hydrogen-bond donors (Lipinski definition) is 1. The standard InChI is InChI=1S/C17H20N4O2S/c1-4-11(2)24-17-18-14-13(15(22)19-16(23)20(14)3)21(17)10-12-8-6-5-7-9-12/h5-9,11H,4,10H2,1-3H3,(H,19,22,23). The van der Waals surface area contributed by atoms with E-state index in [9.17, 15) is 9.59 Å². The van der Waals surface area contributed by atoms with Crippen LogP contribution in [0.15, 0.2) is 45.1 Å². The first-order chi connectivity index (χ1) is 11.5. The zero-order chi connectivity index (χ0) is 17.3. The van der Waals surface area contributed by atoms with Crippen molar-refractivity contribution in [1.29, 1.82) is 0 Å². The fourth-order valence-corrected chi connectivity index (χ4v) is 3.43. The first kappa shape index (κ1) is 16.6. The maximum atomic E-state index is 12.4. The molecule has 1 aromatic carbocycles. The van der Waals surface area contributed by atoms with Crippen LogP contribution in [0.4, 0.5) is 0 Å². The van der Waals surface area contributed by atoms with Gasteiger partial charge < -0.3 is 4.57 Å². The Morgan fingerprint density at radius 3 is 2.62 bits per heavy atom. The van der Waals surface area contributed by atoms with Gasteiger partial charge in [0.25, 0.3) is 5.56 Å². The van der Waals surface area contributed by atoms with Gasteiger partial charge in [-0.2, -0.15) is 0 Å². The van der Waals surface area contributed by atoms with E-state index in [0.717, 1.165) is 17.1 Å². The molecule has 0 amide bonds. The molecule has 2 heterocycles. The third-order valence-electron chi connectivity index (χ3n) is 4.04. The number of nitrogens with one attached hydrogen (secondary N) is 1. The number of hydrogen-bond acceptors (Lipinski definition) is 4. The van der Waals surface area contributed by atoms with Crippen molar-refractivity contribution in [2.75, 3.05) is 0 Å². The molecule has 0 aliphatic rings. The molecular weight excluding hydrogens is 324 g/mol. The number of rotatable bonds is 5. The Hall–Kier alpha value is -2.28. The second-order valence-electron chi connectivity index (χ2n) is 5.79. The van der Waals surface area contributed by atoms with Gasteiger partial charge in [-0.15, -0.1) is 0 Å². The number of nitrogens with zero attached hydrogens (tertiary/aromatic N) is 3. The number of fused-ring (bicyclic) bond motifs is 1. The van der Waals surface area contributed by atoms with Crippen LogP contribution in [0.25, 0.3) is 11.2 Å². The molecule has 0 radical (unpaired) electrons. The molecule has 0 bridgehead atoms. The highest BCUT2D eigenvalue weighted by molar-refractivity contribution is 7.99. The SMILES string of the molecule is CCC(C)Sc1nc2c(c(=O)[nH]c(=O)n2C)n1Cc1ccccc1. The Morgan fingerprint density at radius 1 is 1.25 bits per heavy atom. The minimum absolute atomic E-state index is 0.368. The lowest BCUT2D eigenvalue weighted by atomic mass is 10.2. The van der Waals surface area contributed by atoms with Crippen molar-refractivity contribution < 1.29 is 0 Å². The first-order valence-electron chi connectivity index (χ1n) is 7.91. The van der Waals surface area contributed by atoms with Gasteiger partial charge in [0.2, 0.25) is 0 Å². The molecule has 0 saturated heterocycles. The average Bonchev–Trinajstić information content (AvgIpc) is 2.92. The molecule has 0 saturated carbocycles. The molecule has 24 heavy (non-hydrogen) atoms. The normalized spacial score (nSPS) is 12.6. The number of benzene rings is 1. The van der Waals surface area contributed by atoms with E-state index in [1.54, 1.807) is 18.8 Å². The summed E-state index contributed by atoms with van der Waals surface area (Å²) in [5.74, 6) is 0. The highest BCUT2D eigenvalue weighted by Gasteiger charge is 2.19. The van der Waals surface area contributed by atoms with Gasteiger partial charge >= 0.3 is 5.69 Å². The predicted octanol–water partition coefficient (Wildman–Crippen LogP) is 2.36. The quantitative estimate of drug-likeness (QED) is 0.721. The van der Waals surface area contributed by atoms with Gasteiger partial charge in [0.1, 0.15) is 0 Å². The van der Waals surface area contributed by atoms with Gasteiger partial charge in [-0.05, 0) is 12.0 Å². The molecule has 0 fully saturated rings. The van der Waals surface area contributed by atoms with Crippen LogP contribution in [0.5, 0.6) is 0 Å². The van der Waals surface area contributed by atoms with Crippen molar-refractivity contribution in [3.63, 3.8) is 0 Å². The van der Waals surface area contributed by atoms with E-state index in [0.29, 0.717) is 23.0 Å². The van der Waals surface area contributed by atoms with Crippen molar-refractivity contribution in [3.05, 3.63) is 56.7 Å². The molecule has 3 aromatic rings. The summed E-state index contributed by atoms with van der Waals surface area (Å²) in [5.41, 5.74) is 1.10. The lowest BCUT2D eigenvalue weighted by molar-refractivity contribution is 0.723. The van der Waals surface area contributed by atoms with E-state index in [1.165, 1.54) is 4.57 Å². The van der Waals surface area contributed by atoms with E-state index in [-0.39, 0.29) is 0 Å². The summed E-state index contributed by atoms with van der Waals surface area (Å²) in [6.45, 7) is 4.78. The van der Waals surface area contributed by atoms with E-state index < -0.39 is 11.2 Å². The third kappa shape index (κ3) is 3.03. The number of thioether (sulfide) groups is 1. The van der Waals surface area contributed by atoms with Crippen molar-refractivity contribution in [2.24, 2.45) is 7.05 Å². The summed E-state index contributed by atoms with van der Waals surface area (Å²) >= 11 is 1.62. The Balaban J connectivity index is 2.22. The molecular formula is C17H20N4O2S. The van der Waals surface area contributed by atoms with Crippen LogP contribution in [-0.4, -0.2) is 24.4 Å². The number of aryl methyl sites for hydroxylation is 1. The fourth-order valence-electron chi connectivity index (χ4n) is 2.48. The molecule has 1 N–H and O–H groups in total. The summed E-state index contributed by atoms with van der Waals surface area (Å²) in [5, 5.41) is 1.13. The summed E-state index contributed by atoms with van der Waals surface area (Å²) < 4.78 is 3.29. The van der Waals surface area contributed by atoms with E-state index >= 15 is 0 Å². The van der Waals surface area contributed by atoms with Gasteiger partial charge in [-0.3, -0.25) is 14.3 Å². The summed E-state index contributed by atoms with van der Waals surface area (Å²) in [7, 11) is 1.62. The molecule has 3 rings (SSSR count). The van der Waals surface area contributed by atoms with Crippen LogP contribution in [0.3, 0.4) is 0 Å². The van der Waals surface area contributed by atoms with Gasteiger partial charge in [0.05, 0.1) is 6.54 Å². The monoisotopic (exact) mass is 344 g/mol. The molecule has 7 heteroatoms. The van der Waals surface area contributed by atoms with Crippen molar-refractivity contribution in [2.45, 2.75) is 37.2 Å². The minimum atomic E-state index is -0.447. The molecule has 6 nitrogen and oxygen atoms in total. The lowest BCUT2D eigenvalue weighted by Gasteiger charge is -2.11. The van der Waals surface area contributed by atoms with Crippen LogP contribution >= 0.6 is 11.8 Å². The van der Waals surface area contributed by atoms with Gasteiger partial charge in [-0.1, -0.05) is 55.9 Å². The van der Waals surface area contributed by atoms with Gasteiger partial charge in [0.15, 0.2) is 16.3 Å². The van der Waals surface area contributed by atoms with Crippen molar-refractivity contribution >= 4 is 22.9 Å². The average molecular weight is 344 g/mol. The minimum Gasteiger partial charge on any atom is -0.309 e. The molecule has 126 valence electrons. The van der Waals surface area contributed by atoms with Crippen LogP contribution in [0.1, 0.15) is 25.8 Å². The Bertz CT molecular complexity index is 972. The summed E-state index contributed by atoms with van der Waals surface area (Å²) in [4.78, 5) is 31.2. The highest BCUT2D eigenvalue weighted by Crippen LogP contribution is 2.27. The molecule has 1 atom stereocenters. The van der Waals surface area contributed by atoms with Crippen LogP contribution in [-0.2, 0) is 13.6 Å². The fraction of sp³-hybridized carbons (Fsp3) is 0.353. The second kappa shape index (κ2) is 6.68. The number of aromatic nitrogens is 4. The Morgan fingerprint density at radius 2 is 1.96 bits per heavy atom. The smallest absolute Gasteiger partial charge is 0.309 e. The maximum absolute atomic E-state index is 12.4. The maximum Gasteiger partial charge on any atom is 0.329 e. The Kier molecular flexibility index (Phi) is 4.62. The topological polar surface area (TPSA) is 72.7 Å². The van der Waals surface area contributed by atoms with E-state index in [2.05, 4.69) is 23.8 Å². The van der Waals surface area contributed by atoms with Gasteiger partial charge in [0, 0.05) is 12.3 Å². The van der Waals surface area contributed by atoms with E-state index in [4.69, 9.17) is 0 Å². The number of aromatic amines is 1. The third-order valence-corrected chi connectivity index (χ3v) is 5.30. The largest absolute Gasteiger partial charge is 0.329 e. The van der Waals surface area contributed by atoms with Gasteiger partial charge in [-0.25, -0.2) is 9.78 Å². The van der Waals surface area contributed by atoms with Crippen LogP contribution in [0, 0.1) is 0 Å².